The lowest BCUT2D eigenvalue weighted by molar-refractivity contribution is 0.411. The fourth-order valence-electron chi connectivity index (χ4n) is 4.35. The van der Waals surface area contributed by atoms with Crippen LogP contribution in [0.5, 0.6) is 5.75 Å². The van der Waals surface area contributed by atoms with Gasteiger partial charge >= 0.3 is 0 Å². The summed E-state index contributed by atoms with van der Waals surface area (Å²) >= 11 is 3.53. The van der Waals surface area contributed by atoms with Crippen LogP contribution in [0.1, 0.15) is 49.1 Å². The van der Waals surface area contributed by atoms with E-state index < -0.39 is 0 Å². The van der Waals surface area contributed by atoms with Gasteiger partial charge in [0.05, 0.1) is 12.8 Å². The minimum Gasteiger partial charge on any atom is -0.497 e. The molecule has 2 aromatic carbocycles. The summed E-state index contributed by atoms with van der Waals surface area (Å²) in [6, 6.07) is 19.6. The molecule has 1 atom stereocenters. The molecule has 0 saturated heterocycles. The van der Waals surface area contributed by atoms with Crippen molar-refractivity contribution in [3.8, 4) is 5.75 Å². The summed E-state index contributed by atoms with van der Waals surface area (Å²) in [5.74, 6) is 1.43. The maximum atomic E-state index is 5.48. The lowest BCUT2D eigenvalue weighted by Crippen LogP contribution is -2.50. The molecule has 3 aromatic rings. The number of pyridine rings is 1. The molecule has 1 aromatic heterocycles. The Hall–Kier alpha value is -2.33. The van der Waals surface area contributed by atoms with E-state index >= 15 is 0 Å². The number of fused-ring (bicyclic) bond motifs is 1. The topological polar surface area (TPSA) is 25.4 Å². The Morgan fingerprint density at radius 3 is 2.45 bits per heavy atom. The van der Waals surface area contributed by atoms with Gasteiger partial charge in [0, 0.05) is 22.9 Å². The molecular formula is C25H27BrN2O. The molecule has 150 valence electrons. The summed E-state index contributed by atoms with van der Waals surface area (Å²) in [5.41, 5.74) is 5.88. The second-order valence-electron chi connectivity index (χ2n) is 8.10. The van der Waals surface area contributed by atoms with Crippen LogP contribution in [0.25, 0.3) is 0 Å². The van der Waals surface area contributed by atoms with Gasteiger partial charge in [-0.15, -0.1) is 0 Å². The number of anilines is 1. The number of hydrogen-bond donors (Lipinski definition) is 0. The molecular weight excluding hydrogens is 424 g/mol. The zero-order valence-electron chi connectivity index (χ0n) is 17.4. The number of halogens is 1. The van der Waals surface area contributed by atoms with E-state index in [1.807, 2.05) is 6.20 Å². The van der Waals surface area contributed by atoms with E-state index in [0.717, 1.165) is 28.9 Å². The Morgan fingerprint density at radius 2 is 1.83 bits per heavy atom. The van der Waals surface area contributed by atoms with Crippen LogP contribution in [0.15, 0.2) is 65.3 Å². The molecule has 0 radical (unpaired) electrons. The van der Waals surface area contributed by atoms with Gasteiger partial charge in [-0.2, -0.15) is 0 Å². The van der Waals surface area contributed by atoms with E-state index in [1.165, 1.54) is 22.4 Å². The van der Waals surface area contributed by atoms with Crippen molar-refractivity contribution >= 4 is 21.6 Å². The van der Waals surface area contributed by atoms with E-state index in [1.54, 1.807) is 7.11 Å². The SMILES string of the molecule is COc1ccc2c(c1)CCN(c1ccc(C(C)C)cc1)C2(C)c1ccc(Br)cn1. The molecule has 0 saturated carbocycles. The van der Waals surface area contributed by atoms with Crippen LogP contribution >= 0.6 is 15.9 Å². The van der Waals surface area contributed by atoms with Crippen molar-refractivity contribution in [1.29, 1.82) is 0 Å². The Balaban J connectivity index is 1.86. The number of nitrogens with zero attached hydrogens (tertiary/aromatic N) is 2. The van der Waals surface area contributed by atoms with Crippen molar-refractivity contribution in [2.45, 2.75) is 38.6 Å². The van der Waals surface area contributed by atoms with Crippen LogP contribution in [0.3, 0.4) is 0 Å². The summed E-state index contributed by atoms with van der Waals surface area (Å²) in [6.45, 7) is 7.67. The Kier molecular flexibility index (Phi) is 5.39. The minimum absolute atomic E-state index is 0.361. The molecule has 3 nitrogen and oxygen atoms in total. The highest BCUT2D eigenvalue weighted by Crippen LogP contribution is 2.44. The lowest BCUT2D eigenvalue weighted by Gasteiger charge is -2.47. The zero-order chi connectivity index (χ0) is 20.6. The molecule has 0 bridgehead atoms. The van der Waals surface area contributed by atoms with Crippen LogP contribution in [0, 0.1) is 0 Å². The maximum absolute atomic E-state index is 5.48. The molecule has 1 unspecified atom stereocenters. The third-order valence-electron chi connectivity index (χ3n) is 6.08. The normalized spacial score (nSPS) is 18.6. The smallest absolute Gasteiger partial charge is 0.119 e. The second kappa shape index (κ2) is 7.83. The summed E-state index contributed by atoms with van der Waals surface area (Å²) in [6.07, 6.45) is 2.86. The van der Waals surface area contributed by atoms with E-state index in [9.17, 15) is 0 Å². The molecule has 0 N–H and O–H groups in total. The number of hydrogen-bond acceptors (Lipinski definition) is 3. The molecule has 1 aliphatic rings. The first-order valence-electron chi connectivity index (χ1n) is 10.1. The summed E-state index contributed by atoms with van der Waals surface area (Å²) in [5, 5.41) is 0. The van der Waals surface area contributed by atoms with Crippen LogP contribution in [0.4, 0.5) is 5.69 Å². The van der Waals surface area contributed by atoms with Crippen molar-refractivity contribution in [3.05, 3.63) is 87.7 Å². The number of ether oxygens (including phenoxy) is 1. The third-order valence-corrected chi connectivity index (χ3v) is 6.55. The van der Waals surface area contributed by atoms with Gasteiger partial charge in [-0.25, -0.2) is 0 Å². The average molecular weight is 451 g/mol. The zero-order valence-corrected chi connectivity index (χ0v) is 19.0. The molecule has 1 aliphatic heterocycles. The number of benzene rings is 2. The van der Waals surface area contributed by atoms with Crippen LogP contribution in [-0.4, -0.2) is 18.6 Å². The summed E-state index contributed by atoms with van der Waals surface area (Å²) in [7, 11) is 1.72. The van der Waals surface area contributed by atoms with Gasteiger partial charge in [0.15, 0.2) is 0 Å². The molecule has 4 heteroatoms. The maximum Gasteiger partial charge on any atom is 0.119 e. The van der Waals surface area contributed by atoms with Gasteiger partial charge in [-0.3, -0.25) is 4.98 Å². The monoisotopic (exact) mass is 450 g/mol. The molecule has 2 heterocycles. The summed E-state index contributed by atoms with van der Waals surface area (Å²) < 4.78 is 6.47. The fraction of sp³-hybridized carbons (Fsp3) is 0.320. The number of aromatic nitrogens is 1. The Labute approximate surface area is 181 Å². The lowest BCUT2D eigenvalue weighted by atomic mass is 9.78. The van der Waals surface area contributed by atoms with Crippen LogP contribution < -0.4 is 9.64 Å². The summed E-state index contributed by atoms with van der Waals surface area (Å²) in [4.78, 5) is 7.31. The highest BCUT2D eigenvalue weighted by atomic mass is 79.9. The standard InChI is InChI=1S/C25H27BrN2O/c1-17(2)18-5-8-21(9-6-18)28-14-13-19-15-22(29-4)10-11-23(19)25(28,3)24-12-7-20(26)16-27-24/h5-12,15-17H,13-14H2,1-4H3. The van der Waals surface area contributed by atoms with Crippen molar-refractivity contribution in [2.75, 3.05) is 18.6 Å². The Bertz CT molecular complexity index is 998. The first kappa shape index (κ1) is 20.0. The molecule has 0 spiro atoms. The van der Waals surface area contributed by atoms with Gasteiger partial charge in [0.2, 0.25) is 0 Å². The highest BCUT2D eigenvalue weighted by Gasteiger charge is 2.41. The van der Waals surface area contributed by atoms with Crippen LogP contribution in [-0.2, 0) is 12.0 Å². The molecule has 0 amide bonds. The van der Waals surface area contributed by atoms with Gasteiger partial charge in [-0.05, 0) is 88.3 Å². The van der Waals surface area contributed by atoms with Crippen molar-refractivity contribution < 1.29 is 4.74 Å². The molecule has 29 heavy (non-hydrogen) atoms. The number of rotatable bonds is 4. The highest BCUT2D eigenvalue weighted by molar-refractivity contribution is 9.10. The second-order valence-corrected chi connectivity index (χ2v) is 9.02. The van der Waals surface area contributed by atoms with Crippen molar-refractivity contribution in [1.82, 2.24) is 4.98 Å². The fourth-order valence-corrected chi connectivity index (χ4v) is 4.58. The number of methoxy groups -OCH3 is 1. The first-order valence-corrected chi connectivity index (χ1v) is 10.9. The van der Waals surface area contributed by atoms with Crippen LogP contribution in [0.2, 0.25) is 0 Å². The molecule has 0 fully saturated rings. The van der Waals surface area contributed by atoms with E-state index in [-0.39, 0.29) is 5.54 Å². The third kappa shape index (κ3) is 3.55. The van der Waals surface area contributed by atoms with Gasteiger partial charge in [-0.1, -0.05) is 32.0 Å². The van der Waals surface area contributed by atoms with E-state index in [4.69, 9.17) is 9.72 Å². The van der Waals surface area contributed by atoms with Gasteiger partial charge in [0.25, 0.3) is 0 Å². The quantitative estimate of drug-likeness (QED) is 0.465. The van der Waals surface area contributed by atoms with E-state index in [0.29, 0.717) is 5.92 Å². The largest absolute Gasteiger partial charge is 0.497 e. The van der Waals surface area contributed by atoms with Gasteiger partial charge in [0.1, 0.15) is 11.3 Å². The molecule has 0 aliphatic carbocycles. The predicted octanol–water partition coefficient (Wildman–Crippen LogP) is 6.30. The Morgan fingerprint density at radius 1 is 1.07 bits per heavy atom. The van der Waals surface area contributed by atoms with E-state index in [2.05, 4.69) is 96.2 Å². The molecule has 4 rings (SSSR count). The minimum atomic E-state index is -0.361. The predicted molar refractivity (Wildman–Crippen MR) is 123 cm³/mol. The van der Waals surface area contributed by atoms with Crippen molar-refractivity contribution in [3.63, 3.8) is 0 Å². The van der Waals surface area contributed by atoms with Gasteiger partial charge < -0.3 is 9.64 Å². The average Bonchev–Trinajstić information content (AvgIpc) is 2.74. The first-order chi connectivity index (χ1) is 13.9. The van der Waals surface area contributed by atoms with Crippen molar-refractivity contribution in [2.24, 2.45) is 0 Å².